The molecular formula is C14H10BrClF2O. The molecule has 2 aromatic carbocycles. The van der Waals surface area contributed by atoms with E-state index in [1.807, 2.05) is 0 Å². The molecule has 1 N–H and O–H groups in total. The third-order valence-electron chi connectivity index (χ3n) is 2.75. The second kappa shape index (κ2) is 5.99. The molecule has 0 saturated carbocycles. The van der Waals surface area contributed by atoms with E-state index in [9.17, 15) is 13.9 Å². The van der Waals surface area contributed by atoms with E-state index in [1.54, 1.807) is 18.2 Å². The molecule has 0 heterocycles. The summed E-state index contributed by atoms with van der Waals surface area (Å²) in [5.74, 6) is -1.83. The summed E-state index contributed by atoms with van der Waals surface area (Å²) in [6, 6.07) is 8.76. The van der Waals surface area contributed by atoms with Crippen LogP contribution < -0.4 is 0 Å². The van der Waals surface area contributed by atoms with Crippen LogP contribution in [-0.4, -0.2) is 5.11 Å². The second-order valence-corrected chi connectivity index (χ2v) is 5.34. The molecule has 0 aliphatic rings. The molecule has 1 unspecified atom stereocenters. The Morgan fingerprint density at radius 1 is 1.16 bits per heavy atom. The monoisotopic (exact) mass is 346 g/mol. The predicted octanol–water partition coefficient (Wildman–Crippen LogP) is 4.66. The Hall–Kier alpha value is -0.970. The Morgan fingerprint density at radius 3 is 2.58 bits per heavy atom. The lowest BCUT2D eigenvalue weighted by Gasteiger charge is -2.13. The Balaban J connectivity index is 2.23. The highest BCUT2D eigenvalue weighted by Crippen LogP contribution is 2.31. The molecule has 2 rings (SSSR count). The highest BCUT2D eigenvalue weighted by atomic mass is 79.9. The van der Waals surface area contributed by atoms with E-state index in [-0.39, 0.29) is 6.42 Å². The first-order chi connectivity index (χ1) is 8.99. The van der Waals surface area contributed by atoms with Crippen molar-refractivity contribution in [3.63, 3.8) is 0 Å². The third-order valence-corrected chi connectivity index (χ3v) is 4.06. The molecule has 0 saturated heterocycles. The van der Waals surface area contributed by atoms with Gasteiger partial charge < -0.3 is 5.11 Å². The van der Waals surface area contributed by atoms with Crippen molar-refractivity contribution in [3.05, 3.63) is 68.7 Å². The molecule has 0 aliphatic carbocycles. The molecule has 1 atom stereocenters. The Morgan fingerprint density at radius 2 is 1.89 bits per heavy atom. The minimum absolute atomic E-state index is 0.160. The van der Waals surface area contributed by atoms with Crippen LogP contribution in [0, 0.1) is 11.6 Å². The van der Waals surface area contributed by atoms with Gasteiger partial charge >= 0.3 is 0 Å². The summed E-state index contributed by atoms with van der Waals surface area (Å²) in [5.41, 5.74) is 1.04. The van der Waals surface area contributed by atoms with Crippen LogP contribution >= 0.6 is 27.5 Å². The summed E-state index contributed by atoms with van der Waals surface area (Å²) in [7, 11) is 0. The molecule has 0 aliphatic heterocycles. The standard InChI is InChI=1S/C14H10BrClF2O/c15-10-3-1-2-9(14(10)16)13(19)7-8-4-5-11(17)12(18)6-8/h1-6,13,19H,7H2. The molecule has 0 amide bonds. The van der Waals surface area contributed by atoms with Crippen LogP contribution in [0.5, 0.6) is 0 Å². The first-order valence-corrected chi connectivity index (χ1v) is 6.72. The number of hydrogen-bond donors (Lipinski definition) is 1. The van der Waals surface area contributed by atoms with Crippen molar-refractivity contribution in [1.29, 1.82) is 0 Å². The average molecular weight is 348 g/mol. The lowest BCUT2D eigenvalue weighted by atomic mass is 10.0. The molecule has 1 nitrogen and oxygen atoms in total. The maximum Gasteiger partial charge on any atom is 0.159 e. The zero-order valence-electron chi connectivity index (χ0n) is 9.71. The second-order valence-electron chi connectivity index (χ2n) is 4.11. The maximum absolute atomic E-state index is 13.1. The van der Waals surface area contributed by atoms with Gasteiger partial charge in [-0.25, -0.2) is 8.78 Å². The van der Waals surface area contributed by atoms with Gasteiger partial charge in [0.1, 0.15) is 0 Å². The number of hydrogen-bond acceptors (Lipinski definition) is 1. The van der Waals surface area contributed by atoms with Gasteiger partial charge in [-0.3, -0.25) is 0 Å². The summed E-state index contributed by atoms with van der Waals surface area (Å²) < 4.78 is 26.6. The van der Waals surface area contributed by atoms with E-state index in [0.29, 0.717) is 20.6 Å². The Bertz CT molecular complexity index is 604. The summed E-state index contributed by atoms with van der Waals surface area (Å²) in [6.07, 6.45) is -0.720. The van der Waals surface area contributed by atoms with Gasteiger partial charge in [0.25, 0.3) is 0 Å². The van der Waals surface area contributed by atoms with E-state index in [0.717, 1.165) is 12.1 Å². The molecule has 19 heavy (non-hydrogen) atoms. The zero-order valence-corrected chi connectivity index (χ0v) is 12.0. The van der Waals surface area contributed by atoms with Crippen LogP contribution in [0.3, 0.4) is 0 Å². The largest absolute Gasteiger partial charge is 0.388 e. The van der Waals surface area contributed by atoms with Crippen LogP contribution in [0.1, 0.15) is 17.2 Å². The first-order valence-electron chi connectivity index (χ1n) is 5.55. The molecule has 0 fully saturated rings. The van der Waals surface area contributed by atoms with Gasteiger partial charge in [0, 0.05) is 16.5 Å². The summed E-state index contributed by atoms with van der Waals surface area (Å²) in [5, 5.41) is 10.5. The topological polar surface area (TPSA) is 20.2 Å². The van der Waals surface area contributed by atoms with E-state index < -0.39 is 17.7 Å². The number of rotatable bonds is 3. The quantitative estimate of drug-likeness (QED) is 0.856. The van der Waals surface area contributed by atoms with Crippen LogP contribution in [0.25, 0.3) is 0 Å². The molecule has 100 valence electrons. The number of aliphatic hydroxyl groups is 1. The molecule has 0 aromatic heterocycles. The predicted molar refractivity (Wildman–Crippen MR) is 74.2 cm³/mol. The van der Waals surface area contributed by atoms with Gasteiger partial charge in [-0.15, -0.1) is 0 Å². The third kappa shape index (κ3) is 3.32. The Labute approximate surface area is 123 Å². The molecule has 0 bridgehead atoms. The van der Waals surface area contributed by atoms with Crippen molar-refractivity contribution in [1.82, 2.24) is 0 Å². The van der Waals surface area contributed by atoms with Crippen molar-refractivity contribution in [2.45, 2.75) is 12.5 Å². The smallest absolute Gasteiger partial charge is 0.159 e. The van der Waals surface area contributed by atoms with Crippen molar-refractivity contribution in [2.24, 2.45) is 0 Å². The van der Waals surface area contributed by atoms with Crippen LogP contribution in [0.2, 0.25) is 5.02 Å². The fourth-order valence-electron chi connectivity index (χ4n) is 1.78. The van der Waals surface area contributed by atoms with Crippen molar-refractivity contribution in [2.75, 3.05) is 0 Å². The summed E-state index contributed by atoms with van der Waals surface area (Å²) >= 11 is 9.34. The average Bonchev–Trinajstić information content (AvgIpc) is 2.37. The highest BCUT2D eigenvalue weighted by Gasteiger charge is 2.15. The van der Waals surface area contributed by atoms with E-state index in [2.05, 4.69) is 15.9 Å². The van der Waals surface area contributed by atoms with Crippen LogP contribution in [0.4, 0.5) is 8.78 Å². The number of benzene rings is 2. The zero-order chi connectivity index (χ0) is 14.0. The Kier molecular flexibility index (Phi) is 4.55. The maximum atomic E-state index is 13.1. The lowest BCUT2D eigenvalue weighted by Crippen LogP contribution is -2.03. The number of aliphatic hydroxyl groups excluding tert-OH is 1. The minimum Gasteiger partial charge on any atom is -0.388 e. The van der Waals surface area contributed by atoms with Gasteiger partial charge in [0.2, 0.25) is 0 Å². The fourth-order valence-corrected chi connectivity index (χ4v) is 2.41. The van der Waals surface area contributed by atoms with E-state index in [4.69, 9.17) is 11.6 Å². The van der Waals surface area contributed by atoms with Gasteiger partial charge in [-0.1, -0.05) is 29.8 Å². The van der Waals surface area contributed by atoms with Gasteiger partial charge in [0.05, 0.1) is 11.1 Å². The van der Waals surface area contributed by atoms with Gasteiger partial charge in [-0.05, 0) is 39.7 Å². The van der Waals surface area contributed by atoms with Gasteiger partial charge in [0.15, 0.2) is 11.6 Å². The normalized spacial score (nSPS) is 12.5. The molecular weight excluding hydrogens is 338 g/mol. The molecule has 2 aromatic rings. The molecule has 0 radical (unpaired) electrons. The summed E-state index contributed by atoms with van der Waals surface area (Å²) in [4.78, 5) is 0. The van der Waals surface area contributed by atoms with Crippen molar-refractivity contribution >= 4 is 27.5 Å². The number of halogens is 4. The van der Waals surface area contributed by atoms with Gasteiger partial charge in [-0.2, -0.15) is 0 Å². The lowest BCUT2D eigenvalue weighted by molar-refractivity contribution is 0.178. The van der Waals surface area contributed by atoms with Crippen LogP contribution in [0.15, 0.2) is 40.9 Å². The van der Waals surface area contributed by atoms with E-state index >= 15 is 0 Å². The van der Waals surface area contributed by atoms with E-state index in [1.165, 1.54) is 6.07 Å². The minimum atomic E-state index is -0.926. The first kappa shape index (κ1) is 14.4. The molecule has 5 heteroatoms. The van der Waals surface area contributed by atoms with Crippen molar-refractivity contribution < 1.29 is 13.9 Å². The molecule has 0 spiro atoms. The van der Waals surface area contributed by atoms with Crippen molar-refractivity contribution in [3.8, 4) is 0 Å². The SMILES string of the molecule is OC(Cc1ccc(F)c(F)c1)c1cccc(Br)c1Cl. The summed E-state index contributed by atoms with van der Waals surface area (Å²) in [6.45, 7) is 0. The fraction of sp³-hybridized carbons (Fsp3) is 0.143. The highest BCUT2D eigenvalue weighted by molar-refractivity contribution is 9.10. The van der Waals surface area contributed by atoms with Crippen LogP contribution in [-0.2, 0) is 6.42 Å².